The monoisotopic (exact) mass is 339 g/mol. The Balaban J connectivity index is 2.05. The lowest BCUT2D eigenvalue weighted by Crippen LogP contribution is -2.58. The predicted molar refractivity (Wildman–Crippen MR) is 85.7 cm³/mol. The van der Waals surface area contributed by atoms with Crippen molar-refractivity contribution < 1.29 is 19.4 Å². The summed E-state index contributed by atoms with van der Waals surface area (Å²) in [6, 6.07) is 1.19. The molecule has 0 aromatic carbocycles. The van der Waals surface area contributed by atoms with Crippen LogP contribution in [0.25, 0.3) is 0 Å². The van der Waals surface area contributed by atoms with Gasteiger partial charge in [0.2, 0.25) is 5.91 Å². The zero-order valence-electron chi connectivity index (χ0n) is 13.4. The highest BCUT2D eigenvalue weighted by Crippen LogP contribution is 2.47. The Morgan fingerprint density at radius 1 is 1.57 bits per heavy atom. The van der Waals surface area contributed by atoms with Crippen LogP contribution in [0, 0.1) is 0 Å². The van der Waals surface area contributed by atoms with Gasteiger partial charge in [0, 0.05) is 26.2 Å². The standard InChI is InChI=1S/C15H21N3O4S/c1-15(2)13(20)11(18-5-4-17-7-10(18)19)12-8(22-15)6-9(23-12)14(21)16-3/h6,11,13,17,20H,4-5,7H2,1-3H3,(H,16,21)/t11-,13+/m0/s1. The molecule has 0 saturated carbocycles. The van der Waals surface area contributed by atoms with Crippen LogP contribution in [-0.4, -0.2) is 60.2 Å². The fourth-order valence-corrected chi connectivity index (χ4v) is 4.18. The molecule has 2 aliphatic heterocycles. The number of hydrogen-bond donors (Lipinski definition) is 3. The number of rotatable bonds is 2. The lowest BCUT2D eigenvalue weighted by atomic mass is 9.89. The molecule has 2 atom stereocenters. The van der Waals surface area contributed by atoms with Crippen LogP contribution in [0.15, 0.2) is 6.07 Å². The molecule has 0 unspecified atom stereocenters. The topological polar surface area (TPSA) is 90.9 Å². The van der Waals surface area contributed by atoms with Crippen LogP contribution in [0.2, 0.25) is 0 Å². The third-order valence-electron chi connectivity index (χ3n) is 4.29. The molecule has 2 amide bonds. The molecule has 3 rings (SSSR count). The van der Waals surface area contributed by atoms with Crippen LogP contribution in [-0.2, 0) is 4.79 Å². The molecule has 3 heterocycles. The number of carbonyl (C=O) groups is 2. The van der Waals surface area contributed by atoms with E-state index >= 15 is 0 Å². The Bertz CT molecular complexity index is 643. The van der Waals surface area contributed by atoms with Gasteiger partial charge >= 0.3 is 0 Å². The number of aliphatic hydroxyl groups excluding tert-OH is 1. The number of fused-ring (bicyclic) bond motifs is 1. The Morgan fingerprint density at radius 3 is 2.96 bits per heavy atom. The molecule has 1 fully saturated rings. The van der Waals surface area contributed by atoms with Crippen LogP contribution >= 0.6 is 11.3 Å². The number of nitrogens with one attached hydrogen (secondary N) is 2. The van der Waals surface area contributed by atoms with Crippen LogP contribution in [0.4, 0.5) is 0 Å². The molecule has 0 aliphatic carbocycles. The van der Waals surface area contributed by atoms with Crippen molar-refractivity contribution in [3.05, 3.63) is 15.8 Å². The SMILES string of the molecule is CNC(=O)c1cc2c(s1)[C@H](N1CCNCC1=O)[C@@H](O)C(C)(C)O2. The Kier molecular flexibility index (Phi) is 4.07. The Hall–Kier alpha value is -1.64. The molecule has 8 heteroatoms. The van der Waals surface area contributed by atoms with Gasteiger partial charge in [-0.2, -0.15) is 0 Å². The molecule has 1 aromatic rings. The Labute approximate surface area is 138 Å². The number of carbonyl (C=O) groups excluding carboxylic acids is 2. The highest BCUT2D eigenvalue weighted by atomic mass is 32.1. The summed E-state index contributed by atoms with van der Waals surface area (Å²) in [4.78, 5) is 27.1. The first-order valence-corrected chi connectivity index (χ1v) is 8.40. The molecule has 126 valence electrons. The summed E-state index contributed by atoms with van der Waals surface area (Å²) in [5, 5.41) is 16.4. The summed E-state index contributed by atoms with van der Waals surface area (Å²) in [5.74, 6) is 0.310. The van der Waals surface area contributed by atoms with Crippen LogP contribution in [0.5, 0.6) is 5.75 Å². The van der Waals surface area contributed by atoms with Gasteiger partial charge in [0.1, 0.15) is 17.5 Å². The molecule has 0 bridgehead atoms. The molecule has 1 saturated heterocycles. The highest BCUT2D eigenvalue weighted by Gasteiger charge is 2.48. The zero-order valence-corrected chi connectivity index (χ0v) is 14.2. The highest BCUT2D eigenvalue weighted by molar-refractivity contribution is 7.14. The third-order valence-corrected chi connectivity index (χ3v) is 5.48. The van der Waals surface area contributed by atoms with E-state index in [2.05, 4.69) is 10.6 Å². The van der Waals surface area contributed by atoms with Crippen molar-refractivity contribution in [2.75, 3.05) is 26.7 Å². The minimum absolute atomic E-state index is 0.0566. The van der Waals surface area contributed by atoms with Gasteiger partial charge in [-0.25, -0.2) is 0 Å². The molecule has 0 spiro atoms. The van der Waals surface area contributed by atoms with E-state index < -0.39 is 17.7 Å². The molecule has 7 nitrogen and oxygen atoms in total. The Morgan fingerprint density at radius 2 is 2.30 bits per heavy atom. The summed E-state index contributed by atoms with van der Waals surface area (Å²) < 4.78 is 5.89. The first-order chi connectivity index (χ1) is 10.8. The van der Waals surface area contributed by atoms with Gasteiger partial charge in [-0.05, 0) is 13.8 Å². The number of amides is 2. The van der Waals surface area contributed by atoms with E-state index in [9.17, 15) is 14.7 Å². The van der Waals surface area contributed by atoms with E-state index in [1.165, 1.54) is 11.3 Å². The van der Waals surface area contributed by atoms with E-state index in [1.807, 2.05) is 0 Å². The molecular formula is C15H21N3O4S. The van der Waals surface area contributed by atoms with Gasteiger partial charge in [0.05, 0.1) is 22.3 Å². The summed E-state index contributed by atoms with van der Waals surface area (Å²) in [7, 11) is 1.57. The third kappa shape index (κ3) is 2.71. The number of ether oxygens (including phenoxy) is 1. The zero-order chi connectivity index (χ0) is 16.8. The quantitative estimate of drug-likeness (QED) is 0.712. The second-order valence-corrected chi connectivity index (χ2v) is 7.36. The predicted octanol–water partition coefficient (Wildman–Crippen LogP) is 0.113. The summed E-state index contributed by atoms with van der Waals surface area (Å²) in [5.41, 5.74) is -0.843. The number of nitrogens with zero attached hydrogens (tertiary/aromatic N) is 1. The van der Waals surface area contributed by atoms with E-state index in [1.54, 1.807) is 31.9 Å². The van der Waals surface area contributed by atoms with Gasteiger partial charge in [0.25, 0.3) is 5.91 Å². The second kappa shape index (κ2) is 5.77. The number of hydrogen-bond acceptors (Lipinski definition) is 6. The molecule has 23 heavy (non-hydrogen) atoms. The van der Waals surface area contributed by atoms with Crippen molar-refractivity contribution in [2.24, 2.45) is 0 Å². The summed E-state index contributed by atoms with van der Waals surface area (Å²) >= 11 is 1.26. The van der Waals surface area contributed by atoms with E-state index in [0.717, 1.165) is 4.88 Å². The fourth-order valence-electron chi connectivity index (χ4n) is 3.00. The van der Waals surface area contributed by atoms with Crippen molar-refractivity contribution in [1.29, 1.82) is 0 Å². The second-order valence-electron chi connectivity index (χ2n) is 6.28. The average molecular weight is 339 g/mol. The van der Waals surface area contributed by atoms with Crippen LogP contribution in [0.1, 0.15) is 34.4 Å². The van der Waals surface area contributed by atoms with Crippen molar-refractivity contribution in [3.8, 4) is 5.75 Å². The number of aliphatic hydroxyl groups is 1. The largest absolute Gasteiger partial charge is 0.484 e. The maximum absolute atomic E-state index is 12.3. The van der Waals surface area contributed by atoms with Gasteiger partial charge < -0.3 is 25.4 Å². The number of thiophene rings is 1. The maximum Gasteiger partial charge on any atom is 0.261 e. The van der Waals surface area contributed by atoms with Crippen molar-refractivity contribution >= 4 is 23.2 Å². The van der Waals surface area contributed by atoms with Gasteiger partial charge in [-0.3, -0.25) is 9.59 Å². The molecule has 3 N–H and O–H groups in total. The number of piperazine rings is 1. The minimum Gasteiger partial charge on any atom is -0.484 e. The van der Waals surface area contributed by atoms with E-state index in [-0.39, 0.29) is 18.4 Å². The van der Waals surface area contributed by atoms with Crippen molar-refractivity contribution in [2.45, 2.75) is 31.6 Å². The summed E-state index contributed by atoms with van der Waals surface area (Å²) in [6.07, 6.45) is -0.867. The smallest absolute Gasteiger partial charge is 0.261 e. The van der Waals surface area contributed by atoms with Gasteiger partial charge in [0.15, 0.2) is 0 Å². The molecule has 0 radical (unpaired) electrons. The lowest BCUT2D eigenvalue weighted by Gasteiger charge is -2.46. The van der Waals surface area contributed by atoms with E-state index in [0.29, 0.717) is 23.7 Å². The molecule has 2 aliphatic rings. The first-order valence-electron chi connectivity index (χ1n) is 7.58. The van der Waals surface area contributed by atoms with Crippen molar-refractivity contribution in [3.63, 3.8) is 0 Å². The average Bonchev–Trinajstić information content (AvgIpc) is 2.91. The van der Waals surface area contributed by atoms with Gasteiger partial charge in [-0.1, -0.05) is 0 Å². The minimum atomic E-state index is -0.867. The fraction of sp³-hybridized carbons (Fsp3) is 0.600. The van der Waals surface area contributed by atoms with Crippen molar-refractivity contribution in [1.82, 2.24) is 15.5 Å². The first kappa shape index (κ1) is 16.2. The van der Waals surface area contributed by atoms with Crippen LogP contribution < -0.4 is 15.4 Å². The summed E-state index contributed by atoms with van der Waals surface area (Å²) in [6.45, 7) is 5.03. The lowest BCUT2D eigenvalue weighted by molar-refractivity contribution is -0.145. The normalized spacial score (nSPS) is 26.4. The van der Waals surface area contributed by atoms with Gasteiger partial charge in [-0.15, -0.1) is 11.3 Å². The maximum atomic E-state index is 12.3. The van der Waals surface area contributed by atoms with E-state index in [4.69, 9.17) is 4.74 Å². The molecular weight excluding hydrogens is 318 g/mol. The van der Waals surface area contributed by atoms with Crippen LogP contribution in [0.3, 0.4) is 0 Å². The molecule has 1 aromatic heterocycles.